The van der Waals surface area contributed by atoms with Crippen LogP contribution in [0.15, 0.2) is 328 Å². The van der Waals surface area contributed by atoms with E-state index >= 15 is 0 Å². The van der Waals surface area contributed by atoms with Gasteiger partial charge >= 0.3 is 0 Å². The molecular formula is C74H54N2. The highest BCUT2D eigenvalue weighted by atomic mass is 15.1. The van der Waals surface area contributed by atoms with E-state index in [1.807, 2.05) is 0 Å². The second-order valence-corrected chi connectivity index (χ2v) is 18.9. The maximum absolute atomic E-state index is 2.32. The van der Waals surface area contributed by atoms with Crippen LogP contribution in [-0.4, -0.2) is 0 Å². The van der Waals surface area contributed by atoms with Gasteiger partial charge in [0, 0.05) is 34.1 Å². The summed E-state index contributed by atoms with van der Waals surface area (Å²) >= 11 is 0. The van der Waals surface area contributed by atoms with Gasteiger partial charge in [-0.05, 0) is 151 Å². The molecule has 0 aromatic heterocycles. The van der Waals surface area contributed by atoms with Gasteiger partial charge in [0.15, 0.2) is 0 Å². The topological polar surface area (TPSA) is 6.48 Å². The van der Waals surface area contributed by atoms with E-state index in [0.717, 1.165) is 78.7 Å². The molecule has 12 aromatic rings. The maximum Gasteiger partial charge on any atom is 0.0462 e. The van der Waals surface area contributed by atoms with Crippen molar-refractivity contribution in [1.29, 1.82) is 0 Å². The summed E-state index contributed by atoms with van der Waals surface area (Å²) in [6.45, 7) is 0. The minimum atomic E-state index is 1.07. The predicted molar refractivity (Wildman–Crippen MR) is 322 cm³/mol. The highest BCUT2D eigenvalue weighted by Crippen LogP contribution is 2.43. The van der Waals surface area contributed by atoms with Gasteiger partial charge in [-0.15, -0.1) is 0 Å². The van der Waals surface area contributed by atoms with Crippen molar-refractivity contribution >= 4 is 45.3 Å². The van der Waals surface area contributed by atoms with E-state index in [1.165, 1.54) is 33.4 Å². The van der Waals surface area contributed by atoms with E-state index in [4.69, 9.17) is 0 Å². The van der Waals surface area contributed by atoms with Crippen molar-refractivity contribution in [3.8, 4) is 44.5 Å². The molecule has 0 aliphatic rings. The van der Waals surface area contributed by atoms with Crippen LogP contribution in [-0.2, 0) is 0 Å². The number of anilines is 6. The van der Waals surface area contributed by atoms with Crippen molar-refractivity contribution in [3.05, 3.63) is 350 Å². The summed E-state index contributed by atoms with van der Waals surface area (Å²) in [6.07, 6.45) is 0. The molecule has 0 aliphatic carbocycles. The standard InChI is InChI=1S/C74H54N2/c1-7-19-55(20-8-1)57-31-35-59(36-32-57)61-39-43-63(44-40-61)73(65-47-51-71(52-48-65)75(67-23-11-3-12-24-67)68-25-13-4-14-26-68)74(64-45-41-62(42-46-64)60-37-33-58(34-38-60)56-21-9-2-10-22-56)66-49-53-72(54-50-66)76(69-27-15-5-16-28-69)70-29-17-6-18-30-70/h1-54H. The average Bonchev–Trinajstić information content (AvgIpc) is 3.52. The van der Waals surface area contributed by atoms with Crippen LogP contribution in [0.3, 0.4) is 0 Å². The van der Waals surface area contributed by atoms with E-state index in [0.29, 0.717) is 0 Å². The van der Waals surface area contributed by atoms with Crippen molar-refractivity contribution in [2.45, 2.75) is 0 Å². The second-order valence-electron chi connectivity index (χ2n) is 18.9. The summed E-state index contributed by atoms with van der Waals surface area (Å²) < 4.78 is 0. The van der Waals surface area contributed by atoms with Gasteiger partial charge in [-0.2, -0.15) is 0 Å². The highest BCUT2D eigenvalue weighted by Gasteiger charge is 2.20. The average molecular weight is 971 g/mol. The predicted octanol–water partition coefficient (Wildman–Crippen LogP) is 20.3. The number of hydrogen-bond acceptors (Lipinski definition) is 2. The Morgan fingerprint density at radius 1 is 0.145 bits per heavy atom. The van der Waals surface area contributed by atoms with Crippen LogP contribution < -0.4 is 9.80 Å². The molecule has 0 radical (unpaired) electrons. The molecule has 0 heterocycles. The van der Waals surface area contributed by atoms with Crippen molar-refractivity contribution in [2.24, 2.45) is 0 Å². The third-order valence-corrected chi connectivity index (χ3v) is 14.1. The van der Waals surface area contributed by atoms with Crippen LogP contribution in [0.4, 0.5) is 34.1 Å². The smallest absolute Gasteiger partial charge is 0.0462 e. The van der Waals surface area contributed by atoms with Gasteiger partial charge in [-0.3, -0.25) is 0 Å². The zero-order chi connectivity index (χ0) is 50.9. The highest BCUT2D eigenvalue weighted by molar-refractivity contribution is 6.05. The summed E-state index contributed by atoms with van der Waals surface area (Å²) in [6, 6.07) is 118. The van der Waals surface area contributed by atoms with Crippen LogP contribution in [0.1, 0.15) is 22.3 Å². The Hall–Kier alpha value is -10.0. The zero-order valence-electron chi connectivity index (χ0n) is 42.1. The fraction of sp³-hybridized carbons (Fsp3) is 0. The lowest BCUT2D eigenvalue weighted by molar-refractivity contribution is 1.28. The van der Waals surface area contributed by atoms with Crippen LogP contribution in [0, 0.1) is 0 Å². The first-order valence-electron chi connectivity index (χ1n) is 26.0. The summed E-state index contributed by atoms with van der Waals surface area (Å²) in [5, 5.41) is 0. The fourth-order valence-corrected chi connectivity index (χ4v) is 10.3. The molecule has 2 heteroatoms. The Labute approximate surface area is 447 Å². The Morgan fingerprint density at radius 3 is 0.526 bits per heavy atom. The van der Waals surface area contributed by atoms with E-state index in [1.54, 1.807) is 0 Å². The zero-order valence-corrected chi connectivity index (χ0v) is 42.1. The van der Waals surface area contributed by atoms with Gasteiger partial charge in [0.1, 0.15) is 0 Å². The van der Waals surface area contributed by atoms with Crippen LogP contribution in [0.2, 0.25) is 0 Å². The fourth-order valence-electron chi connectivity index (χ4n) is 10.3. The largest absolute Gasteiger partial charge is 0.311 e. The molecule has 12 aromatic carbocycles. The normalized spacial score (nSPS) is 11.4. The summed E-state index contributed by atoms with van der Waals surface area (Å²) in [5.41, 5.74) is 22.8. The van der Waals surface area contributed by atoms with Crippen molar-refractivity contribution in [2.75, 3.05) is 9.80 Å². The van der Waals surface area contributed by atoms with Crippen LogP contribution >= 0.6 is 0 Å². The summed E-state index contributed by atoms with van der Waals surface area (Å²) in [4.78, 5) is 4.64. The molecule has 2 nitrogen and oxygen atoms in total. The minimum absolute atomic E-state index is 1.07. The molecule has 0 N–H and O–H groups in total. The molecule has 12 rings (SSSR count). The molecule has 0 spiro atoms. The van der Waals surface area contributed by atoms with Crippen molar-refractivity contribution < 1.29 is 0 Å². The number of para-hydroxylation sites is 4. The number of nitrogens with zero attached hydrogens (tertiary/aromatic N) is 2. The molecule has 76 heavy (non-hydrogen) atoms. The van der Waals surface area contributed by atoms with E-state index < -0.39 is 0 Å². The molecule has 0 aliphatic heterocycles. The van der Waals surface area contributed by atoms with Crippen LogP contribution in [0.5, 0.6) is 0 Å². The van der Waals surface area contributed by atoms with Crippen LogP contribution in [0.25, 0.3) is 55.7 Å². The molecule has 0 amide bonds. The van der Waals surface area contributed by atoms with E-state index in [9.17, 15) is 0 Å². The third-order valence-electron chi connectivity index (χ3n) is 14.1. The van der Waals surface area contributed by atoms with Gasteiger partial charge in [-0.1, -0.05) is 255 Å². The lowest BCUT2D eigenvalue weighted by Crippen LogP contribution is -2.10. The molecule has 0 saturated heterocycles. The lowest BCUT2D eigenvalue weighted by Gasteiger charge is -2.26. The Bertz CT molecular complexity index is 3470. The number of hydrogen-bond donors (Lipinski definition) is 0. The monoisotopic (exact) mass is 970 g/mol. The van der Waals surface area contributed by atoms with Crippen molar-refractivity contribution in [3.63, 3.8) is 0 Å². The third kappa shape index (κ3) is 10.2. The van der Waals surface area contributed by atoms with Gasteiger partial charge in [-0.25, -0.2) is 0 Å². The Morgan fingerprint density at radius 2 is 0.303 bits per heavy atom. The molecular weight excluding hydrogens is 917 g/mol. The molecule has 0 unspecified atom stereocenters. The molecule has 0 saturated carbocycles. The second kappa shape index (κ2) is 22.0. The van der Waals surface area contributed by atoms with Gasteiger partial charge < -0.3 is 9.80 Å². The van der Waals surface area contributed by atoms with Gasteiger partial charge in [0.2, 0.25) is 0 Å². The molecule has 0 atom stereocenters. The van der Waals surface area contributed by atoms with E-state index in [2.05, 4.69) is 337 Å². The first-order chi connectivity index (χ1) is 37.7. The number of rotatable bonds is 14. The maximum atomic E-state index is 2.32. The lowest BCUT2D eigenvalue weighted by atomic mass is 9.84. The SMILES string of the molecule is c1ccc(-c2ccc(-c3ccc(C(=C(c4ccc(-c5ccc(-c6ccccc6)cc5)cc4)c4ccc(N(c5ccccc5)c5ccccc5)cc4)c4ccc(N(c5ccccc5)c5ccccc5)cc4)cc3)cc2)cc1. The summed E-state index contributed by atoms with van der Waals surface area (Å²) in [5.74, 6) is 0. The molecule has 360 valence electrons. The molecule has 0 fully saturated rings. The van der Waals surface area contributed by atoms with E-state index in [-0.39, 0.29) is 0 Å². The Balaban J connectivity index is 1.02. The van der Waals surface area contributed by atoms with Crippen molar-refractivity contribution in [1.82, 2.24) is 0 Å². The first-order valence-corrected chi connectivity index (χ1v) is 26.0. The number of benzene rings is 12. The first kappa shape index (κ1) is 47.0. The summed E-state index contributed by atoms with van der Waals surface area (Å²) in [7, 11) is 0. The molecule has 0 bridgehead atoms. The van der Waals surface area contributed by atoms with Gasteiger partial charge in [0.05, 0.1) is 0 Å². The quantitative estimate of drug-likeness (QED) is 0.100. The Kier molecular flexibility index (Phi) is 13.6. The van der Waals surface area contributed by atoms with Gasteiger partial charge in [0.25, 0.3) is 0 Å². The minimum Gasteiger partial charge on any atom is -0.311 e.